The van der Waals surface area contributed by atoms with Crippen LogP contribution >= 0.6 is 11.3 Å². The Morgan fingerprint density at radius 2 is 2.21 bits per heavy atom. The predicted molar refractivity (Wildman–Crippen MR) is 90.2 cm³/mol. The van der Waals surface area contributed by atoms with Gasteiger partial charge in [-0.2, -0.15) is 8.78 Å². The first kappa shape index (κ1) is 16.7. The molecule has 7 heteroatoms. The van der Waals surface area contributed by atoms with E-state index in [1.54, 1.807) is 5.38 Å². The van der Waals surface area contributed by atoms with Crippen LogP contribution in [0.3, 0.4) is 0 Å². The summed E-state index contributed by atoms with van der Waals surface area (Å²) in [5.41, 5.74) is 2.50. The average Bonchev–Trinajstić information content (AvgIpc) is 3.11. The van der Waals surface area contributed by atoms with Crippen LogP contribution < -0.4 is 15.0 Å². The molecule has 0 saturated heterocycles. The van der Waals surface area contributed by atoms with Crippen LogP contribution in [0.15, 0.2) is 35.7 Å². The Hall–Kier alpha value is -2.15. The first-order chi connectivity index (χ1) is 11.6. The van der Waals surface area contributed by atoms with Crippen molar-refractivity contribution in [3.05, 3.63) is 46.2 Å². The third kappa shape index (κ3) is 3.51. The number of hydrogen-bond acceptors (Lipinski definition) is 4. The summed E-state index contributed by atoms with van der Waals surface area (Å²) in [6, 6.07) is 9.97. The molecular weight excluding hydrogens is 334 g/mol. The van der Waals surface area contributed by atoms with E-state index in [1.165, 1.54) is 17.3 Å². The fraction of sp³-hybridized carbons (Fsp3) is 0.353. The molecule has 0 saturated carbocycles. The van der Waals surface area contributed by atoms with Gasteiger partial charge in [-0.05, 0) is 36.4 Å². The molecule has 0 spiro atoms. The lowest BCUT2D eigenvalue weighted by molar-refractivity contribution is -0.0498. The van der Waals surface area contributed by atoms with E-state index in [0.29, 0.717) is 19.1 Å². The van der Waals surface area contributed by atoms with Crippen LogP contribution in [0.2, 0.25) is 0 Å². The Morgan fingerprint density at radius 3 is 3.00 bits per heavy atom. The summed E-state index contributed by atoms with van der Waals surface area (Å²) in [6.07, 6.45) is 0.988. The largest absolute Gasteiger partial charge is 0.433 e. The van der Waals surface area contributed by atoms with Gasteiger partial charge in [0.2, 0.25) is 0 Å². The maximum absolute atomic E-state index is 12.3. The van der Waals surface area contributed by atoms with E-state index in [4.69, 9.17) is 0 Å². The van der Waals surface area contributed by atoms with Crippen molar-refractivity contribution in [2.75, 3.05) is 18.0 Å². The minimum atomic E-state index is -2.94. The Kier molecular flexibility index (Phi) is 4.99. The van der Waals surface area contributed by atoms with E-state index in [2.05, 4.69) is 34.0 Å². The van der Waals surface area contributed by atoms with Crippen molar-refractivity contribution in [3.63, 3.8) is 0 Å². The van der Waals surface area contributed by atoms with E-state index in [0.717, 1.165) is 17.8 Å². The Bertz CT molecular complexity index is 720. The molecule has 2 heterocycles. The third-order valence-corrected chi connectivity index (χ3v) is 4.93. The highest BCUT2D eigenvalue weighted by atomic mass is 32.1. The Morgan fingerprint density at radius 1 is 1.42 bits per heavy atom. The van der Waals surface area contributed by atoms with Crippen molar-refractivity contribution in [3.8, 4) is 5.75 Å². The van der Waals surface area contributed by atoms with E-state index < -0.39 is 6.61 Å². The van der Waals surface area contributed by atoms with Crippen LogP contribution in [0.1, 0.15) is 22.2 Å². The second kappa shape index (κ2) is 7.17. The molecule has 1 aliphatic rings. The van der Waals surface area contributed by atoms with Gasteiger partial charge in [0.05, 0.1) is 0 Å². The predicted octanol–water partition coefficient (Wildman–Crippen LogP) is 3.53. The number of nitrogens with one attached hydrogen (secondary N) is 1. The number of alkyl halides is 2. The zero-order valence-corrected chi connectivity index (χ0v) is 14.0. The molecule has 0 bridgehead atoms. The summed E-state index contributed by atoms with van der Waals surface area (Å²) in [5.74, 6) is -0.465. The van der Waals surface area contributed by atoms with Gasteiger partial charge >= 0.3 is 6.61 Å². The van der Waals surface area contributed by atoms with Crippen molar-refractivity contribution in [1.82, 2.24) is 5.32 Å². The maximum atomic E-state index is 12.3. The first-order valence-electron chi connectivity index (χ1n) is 7.71. The smallest absolute Gasteiger partial charge is 0.387 e. The Balaban J connectivity index is 1.57. The SMILES string of the molecule is CC1Cc2ccccc2N1CCNC(=O)c1sccc1OC(F)F. The number of halogens is 2. The molecule has 1 unspecified atom stereocenters. The lowest BCUT2D eigenvalue weighted by Crippen LogP contribution is -2.37. The molecule has 0 aliphatic carbocycles. The first-order valence-corrected chi connectivity index (χ1v) is 8.59. The minimum Gasteiger partial charge on any atom is -0.433 e. The summed E-state index contributed by atoms with van der Waals surface area (Å²) in [5, 5.41) is 4.34. The number of rotatable bonds is 6. The van der Waals surface area contributed by atoms with E-state index in [9.17, 15) is 13.6 Å². The van der Waals surface area contributed by atoms with Gasteiger partial charge in [0.25, 0.3) is 5.91 Å². The van der Waals surface area contributed by atoms with E-state index in [-0.39, 0.29) is 16.5 Å². The fourth-order valence-corrected chi connectivity index (χ4v) is 3.73. The van der Waals surface area contributed by atoms with Crippen LogP contribution in [0.25, 0.3) is 0 Å². The molecule has 1 N–H and O–H groups in total. The summed E-state index contributed by atoms with van der Waals surface area (Å²) < 4.78 is 29.0. The molecule has 3 rings (SSSR count). The fourth-order valence-electron chi connectivity index (χ4n) is 2.99. The number of amides is 1. The molecule has 1 amide bonds. The molecule has 24 heavy (non-hydrogen) atoms. The lowest BCUT2D eigenvalue weighted by atomic mass is 10.1. The van der Waals surface area contributed by atoms with Gasteiger partial charge in [0.15, 0.2) is 0 Å². The van der Waals surface area contributed by atoms with Crippen LogP contribution in [0, 0.1) is 0 Å². The average molecular weight is 352 g/mol. The van der Waals surface area contributed by atoms with Gasteiger partial charge in [0.1, 0.15) is 10.6 Å². The summed E-state index contributed by atoms with van der Waals surface area (Å²) in [4.78, 5) is 14.6. The summed E-state index contributed by atoms with van der Waals surface area (Å²) >= 11 is 1.09. The van der Waals surface area contributed by atoms with Crippen LogP contribution in [-0.2, 0) is 6.42 Å². The van der Waals surface area contributed by atoms with Crippen molar-refractivity contribution in [1.29, 1.82) is 0 Å². The quantitative estimate of drug-likeness (QED) is 0.865. The molecule has 1 aromatic carbocycles. The number of carbonyl (C=O) groups is 1. The number of ether oxygens (including phenoxy) is 1. The summed E-state index contributed by atoms with van der Waals surface area (Å²) in [6.45, 7) is 0.313. The normalized spacial score (nSPS) is 16.3. The van der Waals surface area contributed by atoms with Crippen molar-refractivity contribution in [2.24, 2.45) is 0 Å². The zero-order valence-electron chi connectivity index (χ0n) is 13.2. The number of hydrogen-bond donors (Lipinski definition) is 1. The lowest BCUT2D eigenvalue weighted by Gasteiger charge is -2.25. The standard InChI is InChI=1S/C17H18F2N2O2S/c1-11-10-12-4-2-3-5-13(12)21(11)8-7-20-16(22)15-14(6-9-24-15)23-17(18)19/h2-6,9,11,17H,7-8,10H2,1H3,(H,20,22). The highest BCUT2D eigenvalue weighted by Gasteiger charge is 2.25. The minimum absolute atomic E-state index is 0.0765. The number of anilines is 1. The Labute approximate surface area is 143 Å². The maximum Gasteiger partial charge on any atom is 0.387 e. The van der Waals surface area contributed by atoms with Gasteiger partial charge < -0.3 is 15.0 Å². The van der Waals surface area contributed by atoms with Gasteiger partial charge in [-0.25, -0.2) is 0 Å². The molecule has 0 radical (unpaired) electrons. The molecule has 128 valence electrons. The second-order valence-electron chi connectivity index (χ2n) is 5.62. The number of fused-ring (bicyclic) bond motifs is 1. The zero-order chi connectivity index (χ0) is 17.1. The van der Waals surface area contributed by atoms with E-state index in [1.807, 2.05) is 12.1 Å². The van der Waals surface area contributed by atoms with E-state index >= 15 is 0 Å². The monoisotopic (exact) mass is 352 g/mol. The van der Waals surface area contributed by atoms with Crippen molar-refractivity contribution < 1.29 is 18.3 Å². The number of carbonyl (C=O) groups excluding carboxylic acids is 1. The number of thiophene rings is 1. The van der Waals surface area contributed by atoms with Gasteiger partial charge in [0, 0.05) is 24.8 Å². The summed E-state index contributed by atoms with van der Waals surface area (Å²) in [7, 11) is 0. The number of para-hydroxylation sites is 1. The van der Waals surface area contributed by atoms with Crippen LogP contribution in [0.4, 0.5) is 14.5 Å². The molecule has 4 nitrogen and oxygen atoms in total. The topological polar surface area (TPSA) is 41.6 Å². The van der Waals surface area contributed by atoms with Gasteiger partial charge in [-0.3, -0.25) is 4.79 Å². The number of benzene rings is 1. The second-order valence-corrected chi connectivity index (χ2v) is 6.54. The van der Waals surface area contributed by atoms with Crippen LogP contribution in [-0.4, -0.2) is 31.7 Å². The molecule has 0 fully saturated rings. The van der Waals surface area contributed by atoms with Crippen LogP contribution in [0.5, 0.6) is 5.75 Å². The molecule has 1 atom stereocenters. The van der Waals surface area contributed by atoms with Gasteiger partial charge in [-0.1, -0.05) is 18.2 Å². The highest BCUT2D eigenvalue weighted by Crippen LogP contribution is 2.31. The molecule has 2 aromatic rings. The van der Waals surface area contributed by atoms with Crippen molar-refractivity contribution in [2.45, 2.75) is 26.0 Å². The highest BCUT2D eigenvalue weighted by molar-refractivity contribution is 7.12. The molecule has 1 aromatic heterocycles. The number of nitrogens with zero attached hydrogens (tertiary/aromatic N) is 1. The molecular formula is C17H18F2N2O2S. The third-order valence-electron chi connectivity index (χ3n) is 4.04. The van der Waals surface area contributed by atoms with Gasteiger partial charge in [-0.15, -0.1) is 11.3 Å². The molecule has 1 aliphatic heterocycles. The van der Waals surface area contributed by atoms with Crippen molar-refractivity contribution >= 4 is 22.9 Å².